The molecule has 1 heterocycles. The van der Waals surface area contributed by atoms with Crippen molar-refractivity contribution in [3.63, 3.8) is 0 Å². The molecule has 0 saturated heterocycles. The number of anilines is 1. The van der Waals surface area contributed by atoms with E-state index in [1.807, 2.05) is 0 Å². The summed E-state index contributed by atoms with van der Waals surface area (Å²) in [5.74, 6) is 0.505. The molecule has 0 fully saturated rings. The summed E-state index contributed by atoms with van der Waals surface area (Å²) in [6, 6.07) is 6.04. The van der Waals surface area contributed by atoms with Crippen molar-refractivity contribution in [1.29, 1.82) is 0 Å². The van der Waals surface area contributed by atoms with Crippen molar-refractivity contribution in [3.05, 3.63) is 44.6 Å². The lowest BCUT2D eigenvalue weighted by Gasteiger charge is -2.12. The number of pyridine rings is 1. The number of rotatable bonds is 4. The van der Waals surface area contributed by atoms with Crippen LogP contribution in [-0.4, -0.2) is 20.5 Å². The molecular formula is C12H9Br2ClN2O3S. The number of ether oxygens (including phenoxy) is 1. The smallest absolute Gasteiger partial charge is 0.263 e. The van der Waals surface area contributed by atoms with Crippen LogP contribution in [0.3, 0.4) is 0 Å². The lowest BCUT2D eigenvalue weighted by molar-refractivity contribution is 0.412. The third-order valence-electron chi connectivity index (χ3n) is 2.50. The second-order valence-corrected chi connectivity index (χ2v) is 7.67. The highest BCUT2D eigenvalue weighted by Gasteiger charge is 2.17. The van der Waals surface area contributed by atoms with Gasteiger partial charge in [0.05, 0.1) is 17.3 Å². The van der Waals surface area contributed by atoms with Crippen molar-refractivity contribution in [3.8, 4) is 5.75 Å². The summed E-state index contributed by atoms with van der Waals surface area (Å²) < 4.78 is 33.4. The zero-order valence-electron chi connectivity index (χ0n) is 10.6. The van der Waals surface area contributed by atoms with Crippen LogP contribution in [0.2, 0.25) is 5.15 Å². The van der Waals surface area contributed by atoms with Gasteiger partial charge in [0.25, 0.3) is 10.0 Å². The molecule has 9 heteroatoms. The van der Waals surface area contributed by atoms with E-state index in [-0.39, 0.29) is 10.0 Å². The molecule has 0 bridgehead atoms. The van der Waals surface area contributed by atoms with Gasteiger partial charge in [-0.2, -0.15) is 0 Å². The topological polar surface area (TPSA) is 68.3 Å². The summed E-state index contributed by atoms with van der Waals surface area (Å²) in [5, 5.41) is 0.223. The van der Waals surface area contributed by atoms with Crippen LogP contribution in [-0.2, 0) is 10.0 Å². The third-order valence-corrected chi connectivity index (χ3v) is 5.35. The van der Waals surface area contributed by atoms with E-state index in [0.29, 0.717) is 20.4 Å². The summed E-state index contributed by atoms with van der Waals surface area (Å²) in [7, 11) is -2.27. The van der Waals surface area contributed by atoms with E-state index in [4.69, 9.17) is 16.3 Å². The molecule has 5 nitrogen and oxygen atoms in total. The first-order valence-electron chi connectivity index (χ1n) is 5.51. The molecule has 0 radical (unpaired) electrons. The van der Waals surface area contributed by atoms with Crippen molar-refractivity contribution in [2.45, 2.75) is 4.90 Å². The zero-order chi connectivity index (χ0) is 15.6. The molecule has 1 N–H and O–H groups in total. The predicted octanol–water partition coefficient (Wildman–Crippen LogP) is 4.07. The largest absolute Gasteiger partial charge is 0.495 e. The molecule has 0 atom stereocenters. The van der Waals surface area contributed by atoms with Crippen molar-refractivity contribution in [1.82, 2.24) is 4.98 Å². The molecule has 0 aliphatic heterocycles. The Morgan fingerprint density at radius 1 is 1.24 bits per heavy atom. The van der Waals surface area contributed by atoms with Crippen LogP contribution in [0.25, 0.3) is 0 Å². The molecule has 112 valence electrons. The molecule has 1 aromatic carbocycles. The van der Waals surface area contributed by atoms with Crippen molar-refractivity contribution in [2.24, 2.45) is 0 Å². The van der Waals surface area contributed by atoms with Crippen LogP contribution in [0.4, 0.5) is 5.69 Å². The fourth-order valence-corrected chi connectivity index (χ4v) is 4.00. The first-order valence-corrected chi connectivity index (χ1v) is 8.95. The SMILES string of the molecule is COc1cc(NS(=O)(=O)c2ccc(Cl)nc2)c(Br)cc1Br. The summed E-state index contributed by atoms with van der Waals surface area (Å²) in [6.07, 6.45) is 1.19. The zero-order valence-corrected chi connectivity index (χ0v) is 15.3. The van der Waals surface area contributed by atoms with Crippen LogP contribution in [0, 0.1) is 0 Å². The molecule has 0 aliphatic rings. The lowest BCUT2D eigenvalue weighted by Crippen LogP contribution is -2.13. The maximum absolute atomic E-state index is 12.3. The minimum atomic E-state index is -3.76. The van der Waals surface area contributed by atoms with E-state index in [9.17, 15) is 8.42 Å². The third kappa shape index (κ3) is 3.88. The van der Waals surface area contributed by atoms with E-state index in [1.165, 1.54) is 25.4 Å². The normalized spacial score (nSPS) is 11.2. The molecule has 0 aliphatic carbocycles. The lowest BCUT2D eigenvalue weighted by atomic mass is 10.3. The minimum Gasteiger partial charge on any atom is -0.495 e. The quantitative estimate of drug-likeness (QED) is 0.705. The van der Waals surface area contributed by atoms with Gasteiger partial charge in [-0.3, -0.25) is 4.72 Å². The van der Waals surface area contributed by atoms with E-state index in [2.05, 4.69) is 41.6 Å². The standard InChI is InChI=1S/C12H9Br2ClN2O3S/c1-20-11-5-10(8(13)4-9(11)14)17-21(18,19)7-2-3-12(15)16-6-7/h2-6,17H,1H3. The first-order chi connectivity index (χ1) is 9.83. The van der Waals surface area contributed by atoms with Crippen molar-refractivity contribution >= 4 is 59.2 Å². The van der Waals surface area contributed by atoms with Gasteiger partial charge in [0.2, 0.25) is 0 Å². The first kappa shape index (κ1) is 16.5. The molecule has 2 rings (SSSR count). The highest BCUT2D eigenvalue weighted by molar-refractivity contribution is 9.11. The van der Waals surface area contributed by atoms with Crippen LogP contribution >= 0.6 is 43.5 Å². The number of methoxy groups -OCH3 is 1. The van der Waals surface area contributed by atoms with Gasteiger partial charge >= 0.3 is 0 Å². The Morgan fingerprint density at radius 2 is 1.95 bits per heavy atom. The molecule has 0 spiro atoms. The van der Waals surface area contributed by atoms with E-state index < -0.39 is 10.0 Å². The van der Waals surface area contributed by atoms with Gasteiger partial charge in [-0.1, -0.05) is 11.6 Å². The highest BCUT2D eigenvalue weighted by Crippen LogP contribution is 2.35. The molecule has 21 heavy (non-hydrogen) atoms. The molecule has 0 saturated carbocycles. The molecule has 1 aromatic heterocycles. The van der Waals surface area contributed by atoms with Gasteiger partial charge in [0.15, 0.2) is 0 Å². The van der Waals surface area contributed by atoms with Gasteiger partial charge < -0.3 is 4.74 Å². The number of nitrogens with one attached hydrogen (secondary N) is 1. The fraction of sp³-hybridized carbons (Fsp3) is 0.0833. The Hall–Kier alpha value is -0.830. The Bertz CT molecular complexity index is 767. The van der Waals surface area contributed by atoms with Crippen LogP contribution in [0.5, 0.6) is 5.75 Å². The molecule has 0 unspecified atom stereocenters. The van der Waals surface area contributed by atoms with Crippen LogP contribution in [0.15, 0.2) is 44.3 Å². The number of halogens is 3. The number of sulfonamides is 1. The van der Waals surface area contributed by atoms with Crippen molar-refractivity contribution in [2.75, 3.05) is 11.8 Å². The molecule has 2 aromatic rings. The second kappa shape index (κ2) is 6.51. The molecular weight excluding hydrogens is 447 g/mol. The second-order valence-electron chi connectivity index (χ2n) is 3.89. The minimum absolute atomic E-state index is 0.0145. The Kier molecular flexibility index (Phi) is 5.13. The van der Waals surface area contributed by atoms with Crippen molar-refractivity contribution < 1.29 is 13.2 Å². The van der Waals surface area contributed by atoms with Crippen LogP contribution in [0.1, 0.15) is 0 Å². The Morgan fingerprint density at radius 3 is 2.52 bits per heavy atom. The highest BCUT2D eigenvalue weighted by atomic mass is 79.9. The van der Waals surface area contributed by atoms with E-state index in [0.717, 1.165) is 0 Å². The average Bonchev–Trinajstić information content (AvgIpc) is 2.42. The number of benzene rings is 1. The maximum atomic E-state index is 12.3. The van der Waals surface area contributed by atoms with E-state index >= 15 is 0 Å². The number of nitrogens with zero attached hydrogens (tertiary/aromatic N) is 1. The van der Waals surface area contributed by atoms with E-state index in [1.54, 1.807) is 12.1 Å². The van der Waals surface area contributed by atoms with Gasteiger partial charge in [0, 0.05) is 16.7 Å². The Balaban J connectivity index is 2.39. The summed E-state index contributed by atoms with van der Waals surface area (Å²) in [4.78, 5) is 3.77. The van der Waals surface area contributed by atoms with Gasteiger partial charge in [0.1, 0.15) is 15.8 Å². The molecule has 0 amide bonds. The summed E-state index contributed by atoms with van der Waals surface area (Å²) in [6.45, 7) is 0. The monoisotopic (exact) mass is 454 g/mol. The number of hydrogen-bond donors (Lipinski definition) is 1. The summed E-state index contributed by atoms with van der Waals surface area (Å²) in [5.41, 5.74) is 0.352. The van der Waals surface area contributed by atoms with Gasteiger partial charge in [-0.25, -0.2) is 13.4 Å². The Labute approximate surface area is 144 Å². The number of aromatic nitrogens is 1. The fourth-order valence-electron chi connectivity index (χ4n) is 1.49. The predicted molar refractivity (Wildman–Crippen MR) is 88.4 cm³/mol. The average molecular weight is 457 g/mol. The van der Waals surface area contributed by atoms with Gasteiger partial charge in [-0.05, 0) is 50.1 Å². The van der Waals surface area contributed by atoms with Gasteiger partial charge in [-0.15, -0.1) is 0 Å². The number of hydrogen-bond acceptors (Lipinski definition) is 4. The van der Waals surface area contributed by atoms with Crippen LogP contribution < -0.4 is 9.46 Å². The maximum Gasteiger partial charge on any atom is 0.263 e. The summed E-state index contributed by atoms with van der Waals surface area (Å²) >= 11 is 12.3.